The molecule has 3 saturated carbocycles. The smallest absolute Gasteiger partial charge is 0.254 e. The first kappa shape index (κ1) is 59.6. The van der Waals surface area contributed by atoms with E-state index in [0.29, 0.717) is 75.8 Å². The Morgan fingerprint density at radius 2 is 1.16 bits per heavy atom. The van der Waals surface area contributed by atoms with Gasteiger partial charge in [0.1, 0.15) is 18.6 Å². The highest BCUT2D eigenvalue weighted by Crippen LogP contribution is 2.56. The minimum absolute atomic E-state index is 0.0511. The monoisotopic (exact) mass is 1240 g/mol. The number of benzene rings is 3. The molecule has 0 bridgehead atoms. The van der Waals surface area contributed by atoms with E-state index >= 15 is 0 Å². The van der Waals surface area contributed by atoms with Crippen LogP contribution in [0.3, 0.4) is 0 Å². The average molecular weight is 1250 g/mol. The average Bonchev–Trinajstić information content (AvgIpc) is 1.62. The van der Waals surface area contributed by atoms with Crippen molar-refractivity contribution in [3.63, 3.8) is 0 Å². The summed E-state index contributed by atoms with van der Waals surface area (Å²) in [5, 5.41) is 24.8. The highest BCUT2D eigenvalue weighted by Gasteiger charge is 2.50. The largest absolute Gasteiger partial charge is 0.396 e. The molecule has 9 aromatic rings. The Morgan fingerprint density at radius 1 is 0.581 bits per heavy atom. The number of alkyl halides is 1. The second kappa shape index (κ2) is 22.6. The summed E-state index contributed by atoms with van der Waals surface area (Å²) in [4.78, 5) is 61.5. The number of nitrogens with two attached hydrogens (primary N) is 1. The number of anilines is 1. The summed E-state index contributed by atoms with van der Waals surface area (Å²) in [5.41, 5.74) is 20.1. The number of fused-ring (bicyclic) bond motifs is 3. The van der Waals surface area contributed by atoms with E-state index in [2.05, 4.69) is 44.1 Å². The molecule has 19 heteroatoms. The number of hydrogen-bond acceptors (Lipinski definition) is 11. The zero-order chi connectivity index (χ0) is 64.4. The minimum atomic E-state index is -0.708. The number of hydrogen-bond donors (Lipinski definition) is 1. The zero-order valence-electron chi connectivity index (χ0n) is 53.3. The second-order valence-corrected chi connectivity index (χ2v) is 28.4. The number of nitrogen functional groups attached to an aromatic ring is 1. The summed E-state index contributed by atoms with van der Waals surface area (Å²) in [7, 11) is 5.55. The van der Waals surface area contributed by atoms with Gasteiger partial charge in [0.15, 0.2) is 5.69 Å². The summed E-state index contributed by atoms with van der Waals surface area (Å²) < 4.78 is 35.2. The summed E-state index contributed by atoms with van der Waals surface area (Å²) in [6.45, 7) is 8.76. The number of carbonyl (C=O) groups is 3. The molecule has 472 valence electrons. The van der Waals surface area contributed by atoms with Gasteiger partial charge >= 0.3 is 0 Å². The Bertz CT molecular complexity index is 4590. The highest BCUT2D eigenvalue weighted by atomic mass is 19.1. The van der Waals surface area contributed by atoms with Gasteiger partial charge in [0.2, 0.25) is 0 Å². The van der Waals surface area contributed by atoms with E-state index in [9.17, 15) is 28.4 Å². The molecule has 9 heterocycles. The normalized spacial score (nSPS) is 23.0. The molecule has 15 rings (SSSR count). The van der Waals surface area contributed by atoms with Crippen molar-refractivity contribution < 1.29 is 23.2 Å². The zero-order valence-corrected chi connectivity index (χ0v) is 53.3. The van der Waals surface area contributed by atoms with E-state index in [0.717, 1.165) is 95.1 Å². The Morgan fingerprint density at radius 3 is 1.83 bits per heavy atom. The van der Waals surface area contributed by atoms with E-state index in [1.165, 1.54) is 37.9 Å². The van der Waals surface area contributed by atoms with E-state index in [-0.39, 0.29) is 69.3 Å². The third kappa shape index (κ3) is 10.4. The fourth-order valence-electron chi connectivity index (χ4n) is 17.1. The SMILES string of the molecule is CN1Cc2ccc(-c3ncc(F)cc3-c3cnn(CC4(C)CCC(C5c6ccc(-c7nc(C#N)c(N)cc7-c7cnn(CC8(C)CCCC8C8c9ccc(-c%10nc(CF)ccc%10-c%10cnn(CC%11(C)CCCC%11)c%10)cc9C(=O)N8C)c7)cc6C(=O)N5C)C4)c3)cc2C1=O. The van der Waals surface area contributed by atoms with Crippen molar-refractivity contribution in [2.24, 2.45) is 28.1 Å². The third-order valence-electron chi connectivity index (χ3n) is 21.8. The molecule has 3 aliphatic carbocycles. The maximum Gasteiger partial charge on any atom is 0.254 e. The van der Waals surface area contributed by atoms with E-state index in [1.54, 1.807) is 36.5 Å². The Hall–Kier alpha value is -9.70. The van der Waals surface area contributed by atoms with Gasteiger partial charge in [-0.05, 0) is 126 Å². The first-order valence-electron chi connectivity index (χ1n) is 32.5. The summed E-state index contributed by atoms with van der Waals surface area (Å²) >= 11 is 0. The van der Waals surface area contributed by atoms with Crippen molar-refractivity contribution in [3.05, 3.63) is 173 Å². The molecule has 0 saturated heterocycles. The summed E-state index contributed by atoms with van der Waals surface area (Å²) in [5.74, 6) is -0.400. The van der Waals surface area contributed by atoms with Gasteiger partial charge in [-0.2, -0.15) is 20.6 Å². The van der Waals surface area contributed by atoms with E-state index in [1.807, 2.05) is 111 Å². The standard InChI is InChI=1S/C74H74F2N14O3/c1-72(20-7-8-21-72)40-88-37-48(32-80-88)53-18-15-52(30-75)83-65(53)44-14-17-55-60(25-44)71(93)87(6)68(55)61-10-9-22-74(61,3)42-90-39-50(34-82-90)57-28-62(78)63(31-77)84-66(57)45-13-16-54-59(26-45)70(92)86(5)67(54)46-19-23-73(2,29-46)41-89-38-49(33-81-89)56-27-51(76)35-79-64(56)43-11-12-47-36-85(4)69(91)58(47)24-43/h11-18,24-28,32-35,37-39,46,61,67-68H,7-10,19-23,29-30,36,40-42,78H2,1-6H3. The van der Waals surface area contributed by atoms with Crippen LogP contribution in [0.15, 0.2) is 122 Å². The number of carbonyl (C=O) groups excluding carboxylic acids is 3. The van der Waals surface area contributed by atoms with Crippen LogP contribution >= 0.6 is 0 Å². The van der Waals surface area contributed by atoms with Gasteiger partial charge in [-0.15, -0.1) is 0 Å². The van der Waals surface area contributed by atoms with Crippen LogP contribution in [0, 0.1) is 45.2 Å². The van der Waals surface area contributed by atoms with Crippen LogP contribution in [-0.2, 0) is 32.9 Å². The van der Waals surface area contributed by atoms with E-state index < -0.39 is 12.5 Å². The molecular weight excluding hydrogens is 1170 g/mol. The second-order valence-electron chi connectivity index (χ2n) is 28.4. The Labute approximate surface area is 539 Å². The number of rotatable bonds is 15. The van der Waals surface area contributed by atoms with Gasteiger partial charge in [-0.25, -0.2) is 18.7 Å². The predicted molar refractivity (Wildman–Crippen MR) is 350 cm³/mol. The van der Waals surface area contributed by atoms with Crippen LogP contribution < -0.4 is 5.73 Å². The molecule has 3 fully saturated rings. The first-order chi connectivity index (χ1) is 44.8. The fourth-order valence-corrected chi connectivity index (χ4v) is 17.1. The van der Waals surface area contributed by atoms with Crippen molar-refractivity contribution in [1.82, 2.24) is 59.0 Å². The lowest BCUT2D eigenvalue weighted by molar-refractivity contribution is 0.0583. The fraction of sp³-hybridized carbons (Fsp3) is 0.378. The molecule has 3 aliphatic heterocycles. The summed E-state index contributed by atoms with van der Waals surface area (Å²) in [6, 6.07) is 26.4. The van der Waals surface area contributed by atoms with Gasteiger partial charge in [0, 0.05) is 133 Å². The number of nitriles is 1. The molecule has 2 N–H and O–H groups in total. The molecular formula is C74H74F2N14O3. The van der Waals surface area contributed by atoms with Crippen molar-refractivity contribution >= 4 is 23.4 Å². The molecule has 0 spiro atoms. The van der Waals surface area contributed by atoms with Crippen LogP contribution in [0.4, 0.5) is 14.5 Å². The molecule has 3 aromatic carbocycles. The Kier molecular flexibility index (Phi) is 14.5. The number of pyridine rings is 3. The van der Waals surface area contributed by atoms with Crippen molar-refractivity contribution in [2.45, 2.75) is 130 Å². The molecule has 6 aromatic heterocycles. The molecule has 0 radical (unpaired) electrons. The van der Waals surface area contributed by atoms with E-state index in [4.69, 9.17) is 31.0 Å². The van der Waals surface area contributed by atoms with Gasteiger partial charge in [-0.1, -0.05) is 82.5 Å². The maximum atomic E-state index is 14.9. The first-order valence-corrected chi connectivity index (χ1v) is 32.5. The number of aromatic nitrogens is 9. The summed E-state index contributed by atoms with van der Waals surface area (Å²) in [6.07, 6.45) is 22.9. The van der Waals surface area contributed by atoms with Crippen LogP contribution in [0.1, 0.15) is 156 Å². The molecule has 3 amide bonds. The quantitative estimate of drug-likeness (QED) is 0.102. The molecule has 93 heavy (non-hydrogen) atoms. The number of halogens is 2. The lowest BCUT2D eigenvalue weighted by Gasteiger charge is -2.38. The maximum absolute atomic E-state index is 14.9. The topological polar surface area (TPSA) is 203 Å². The van der Waals surface area contributed by atoms with Crippen LogP contribution in [-0.4, -0.2) is 97.9 Å². The molecule has 6 unspecified atom stereocenters. The number of amides is 3. The van der Waals surface area contributed by atoms with Crippen molar-refractivity contribution in [1.29, 1.82) is 5.26 Å². The predicted octanol–water partition coefficient (Wildman–Crippen LogP) is 14.0. The lowest BCUT2D eigenvalue weighted by Crippen LogP contribution is -2.37. The lowest BCUT2D eigenvalue weighted by atomic mass is 9.73. The van der Waals surface area contributed by atoms with Crippen LogP contribution in [0.2, 0.25) is 0 Å². The molecule has 6 atom stereocenters. The van der Waals surface area contributed by atoms with Crippen LogP contribution in [0.5, 0.6) is 0 Å². The number of nitrogens with zero attached hydrogens (tertiary/aromatic N) is 13. The van der Waals surface area contributed by atoms with Crippen molar-refractivity contribution in [3.8, 4) is 73.2 Å². The highest BCUT2D eigenvalue weighted by molar-refractivity contribution is 6.02. The van der Waals surface area contributed by atoms with Gasteiger partial charge in [-0.3, -0.25) is 33.4 Å². The van der Waals surface area contributed by atoms with Gasteiger partial charge in [0.05, 0.1) is 65.3 Å². The van der Waals surface area contributed by atoms with Crippen LogP contribution in [0.25, 0.3) is 67.2 Å². The van der Waals surface area contributed by atoms with Crippen molar-refractivity contribution in [2.75, 3.05) is 26.9 Å². The minimum Gasteiger partial charge on any atom is -0.396 e. The molecule has 17 nitrogen and oxygen atoms in total. The van der Waals surface area contributed by atoms with Gasteiger partial charge in [0.25, 0.3) is 17.7 Å². The Balaban J connectivity index is 0.657. The van der Waals surface area contributed by atoms with Gasteiger partial charge < -0.3 is 20.4 Å². The third-order valence-corrected chi connectivity index (χ3v) is 21.8. The molecule has 6 aliphatic rings.